The van der Waals surface area contributed by atoms with E-state index in [0.29, 0.717) is 19.8 Å². The lowest BCUT2D eigenvalue weighted by Crippen LogP contribution is -2.41. The van der Waals surface area contributed by atoms with Crippen LogP contribution in [0.5, 0.6) is 5.75 Å². The zero-order chi connectivity index (χ0) is 17.9. The van der Waals surface area contributed by atoms with Gasteiger partial charge in [-0.2, -0.15) is 5.10 Å². The summed E-state index contributed by atoms with van der Waals surface area (Å²) in [5.74, 6) is 0.750. The van der Waals surface area contributed by atoms with Crippen LogP contribution in [-0.2, 0) is 18.3 Å². The summed E-state index contributed by atoms with van der Waals surface area (Å²) in [4.78, 5) is 0. The molecule has 1 aliphatic rings. The molecule has 0 amide bonds. The van der Waals surface area contributed by atoms with Crippen molar-refractivity contribution in [1.29, 1.82) is 0 Å². The topological polar surface area (TPSA) is 79.0 Å². The van der Waals surface area contributed by atoms with E-state index in [1.165, 1.54) is 0 Å². The summed E-state index contributed by atoms with van der Waals surface area (Å²) >= 11 is 0. The van der Waals surface area contributed by atoms with Crippen molar-refractivity contribution in [2.75, 3.05) is 13.2 Å². The van der Waals surface area contributed by atoms with Crippen molar-refractivity contribution in [1.82, 2.24) is 30.1 Å². The second-order valence-electron chi connectivity index (χ2n) is 6.47. The molecule has 0 bridgehead atoms. The van der Waals surface area contributed by atoms with Crippen LogP contribution >= 0.6 is 0 Å². The van der Waals surface area contributed by atoms with E-state index in [9.17, 15) is 0 Å². The fourth-order valence-electron chi connectivity index (χ4n) is 3.03. The summed E-state index contributed by atoms with van der Waals surface area (Å²) in [6.07, 6.45) is 5.46. The Hall–Kier alpha value is -2.71. The Morgan fingerprint density at radius 2 is 2.15 bits per heavy atom. The Bertz CT molecular complexity index is 874. The van der Waals surface area contributed by atoms with Crippen LogP contribution in [0.4, 0.5) is 0 Å². The van der Waals surface area contributed by atoms with Crippen molar-refractivity contribution in [2.45, 2.75) is 25.6 Å². The number of benzene rings is 1. The minimum absolute atomic E-state index is 0.0504. The first-order valence-corrected chi connectivity index (χ1v) is 8.63. The molecular formula is C18H22N6O2. The highest BCUT2D eigenvalue weighted by atomic mass is 16.5. The van der Waals surface area contributed by atoms with Crippen LogP contribution in [0.3, 0.4) is 0 Å². The Morgan fingerprint density at radius 1 is 1.27 bits per heavy atom. The largest absolute Gasteiger partial charge is 0.483 e. The van der Waals surface area contributed by atoms with Crippen LogP contribution in [0.25, 0.3) is 5.69 Å². The van der Waals surface area contributed by atoms with Gasteiger partial charge < -0.3 is 14.8 Å². The van der Waals surface area contributed by atoms with E-state index in [4.69, 9.17) is 9.47 Å². The summed E-state index contributed by atoms with van der Waals surface area (Å²) in [7, 11) is 1.87. The second-order valence-corrected chi connectivity index (χ2v) is 6.47. The van der Waals surface area contributed by atoms with Crippen LogP contribution in [0, 0.1) is 6.92 Å². The van der Waals surface area contributed by atoms with Crippen molar-refractivity contribution in [2.24, 2.45) is 7.05 Å². The lowest BCUT2D eigenvalue weighted by atomic mass is 10.2. The molecule has 2 atom stereocenters. The third-order valence-corrected chi connectivity index (χ3v) is 4.45. The predicted molar refractivity (Wildman–Crippen MR) is 95.2 cm³/mol. The number of para-hydroxylation sites is 1. The summed E-state index contributed by atoms with van der Waals surface area (Å²) < 4.78 is 15.1. The number of rotatable bonds is 6. The molecule has 8 nitrogen and oxygen atoms in total. The number of nitrogens with one attached hydrogen (secondary N) is 1. The lowest BCUT2D eigenvalue weighted by molar-refractivity contribution is 0.139. The molecule has 0 unspecified atom stereocenters. The summed E-state index contributed by atoms with van der Waals surface area (Å²) in [5, 5.41) is 16.1. The highest BCUT2D eigenvalue weighted by Gasteiger charge is 2.30. The van der Waals surface area contributed by atoms with Crippen molar-refractivity contribution in [3.05, 3.63) is 54.1 Å². The fraction of sp³-hybridized carbons (Fsp3) is 0.389. The minimum atomic E-state index is -0.0504. The molecule has 1 aromatic carbocycles. The molecule has 1 N–H and O–H groups in total. The molecule has 0 radical (unpaired) electrons. The zero-order valence-electron chi connectivity index (χ0n) is 14.9. The number of nitrogens with zero attached hydrogens (tertiary/aromatic N) is 5. The smallest absolute Gasteiger partial charge is 0.157 e. The number of hydrogen-bond acceptors (Lipinski definition) is 6. The van der Waals surface area contributed by atoms with Crippen molar-refractivity contribution in [3.63, 3.8) is 0 Å². The van der Waals surface area contributed by atoms with Gasteiger partial charge in [0, 0.05) is 13.6 Å². The van der Waals surface area contributed by atoms with Gasteiger partial charge in [0.05, 0.1) is 49.2 Å². The Kier molecular flexibility index (Phi) is 4.68. The molecule has 0 saturated carbocycles. The van der Waals surface area contributed by atoms with E-state index in [1.54, 1.807) is 15.6 Å². The summed E-state index contributed by atoms with van der Waals surface area (Å²) in [6, 6.07) is 8.20. The number of aryl methyl sites for hydroxylation is 2. The predicted octanol–water partition coefficient (Wildman–Crippen LogP) is 1.25. The van der Waals surface area contributed by atoms with Crippen LogP contribution in [-0.4, -0.2) is 50.1 Å². The molecule has 4 rings (SSSR count). The van der Waals surface area contributed by atoms with Gasteiger partial charge in [-0.1, -0.05) is 23.4 Å². The van der Waals surface area contributed by atoms with Gasteiger partial charge in [0.2, 0.25) is 0 Å². The van der Waals surface area contributed by atoms with Crippen LogP contribution < -0.4 is 10.1 Å². The van der Waals surface area contributed by atoms with E-state index < -0.39 is 0 Å². The highest BCUT2D eigenvalue weighted by Crippen LogP contribution is 2.17. The summed E-state index contributed by atoms with van der Waals surface area (Å²) in [5.41, 5.74) is 3.07. The van der Waals surface area contributed by atoms with Crippen LogP contribution in [0.1, 0.15) is 11.3 Å². The second kappa shape index (κ2) is 7.27. The SMILES string of the molecule is Cc1ccccc1-n1cc(CN[C@H]2COC[C@H]2Oc2cnn(C)c2)nn1. The average Bonchev–Trinajstić information content (AvgIpc) is 3.36. The van der Waals surface area contributed by atoms with E-state index in [1.807, 2.05) is 37.6 Å². The minimum Gasteiger partial charge on any atom is -0.483 e. The quantitative estimate of drug-likeness (QED) is 0.718. The first kappa shape index (κ1) is 16.7. The zero-order valence-corrected chi connectivity index (χ0v) is 14.9. The van der Waals surface area contributed by atoms with Gasteiger partial charge in [0.1, 0.15) is 6.10 Å². The van der Waals surface area contributed by atoms with Crippen molar-refractivity contribution in [3.8, 4) is 11.4 Å². The Morgan fingerprint density at radius 3 is 2.96 bits per heavy atom. The molecule has 1 saturated heterocycles. The van der Waals surface area contributed by atoms with Crippen LogP contribution in [0.2, 0.25) is 0 Å². The molecule has 1 aliphatic heterocycles. The first-order chi connectivity index (χ1) is 12.7. The van der Waals surface area contributed by atoms with Gasteiger partial charge in [-0.25, -0.2) is 4.68 Å². The average molecular weight is 354 g/mol. The highest BCUT2D eigenvalue weighted by molar-refractivity contribution is 5.38. The number of aromatic nitrogens is 5. The molecule has 0 spiro atoms. The Balaban J connectivity index is 1.37. The molecular weight excluding hydrogens is 332 g/mol. The monoisotopic (exact) mass is 354 g/mol. The van der Waals surface area contributed by atoms with Gasteiger partial charge in [-0.15, -0.1) is 5.10 Å². The van der Waals surface area contributed by atoms with Crippen molar-refractivity contribution >= 4 is 0 Å². The fourth-order valence-corrected chi connectivity index (χ4v) is 3.03. The van der Waals surface area contributed by atoms with Gasteiger partial charge in [-0.05, 0) is 18.6 Å². The molecule has 26 heavy (non-hydrogen) atoms. The molecule has 2 aromatic heterocycles. The van der Waals surface area contributed by atoms with E-state index in [-0.39, 0.29) is 12.1 Å². The molecule has 3 heterocycles. The molecule has 0 aliphatic carbocycles. The first-order valence-electron chi connectivity index (χ1n) is 8.63. The molecule has 136 valence electrons. The molecule has 1 fully saturated rings. The maximum absolute atomic E-state index is 5.98. The molecule has 3 aromatic rings. The van der Waals surface area contributed by atoms with Crippen LogP contribution in [0.15, 0.2) is 42.9 Å². The molecule has 8 heteroatoms. The van der Waals surface area contributed by atoms with Gasteiger partial charge >= 0.3 is 0 Å². The number of hydrogen-bond donors (Lipinski definition) is 1. The summed E-state index contributed by atoms with van der Waals surface area (Å²) in [6.45, 7) is 3.83. The van der Waals surface area contributed by atoms with Gasteiger partial charge in [0.15, 0.2) is 5.75 Å². The van der Waals surface area contributed by atoms with E-state index in [2.05, 4.69) is 33.7 Å². The van der Waals surface area contributed by atoms with E-state index >= 15 is 0 Å². The normalized spacial score (nSPS) is 19.8. The maximum atomic E-state index is 5.98. The third-order valence-electron chi connectivity index (χ3n) is 4.45. The standard InChI is InChI=1S/C18H22N6O2/c1-13-5-3-4-6-17(13)24-9-14(21-22-24)7-19-16-11-25-12-18(16)26-15-8-20-23(2)10-15/h3-6,8-10,16,18-19H,7,11-12H2,1-2H3/t16-,18+/m0/s1. The van der Waals surface area contributed by atoms with Gasteiger partial charge in [0.25, 0.3) is 0 Å². The Labute approximate surface area is 151 Å². The van der Waals surface area contributed by atoms with Gasteiger partial charge in [-0.3, -0.25) is 4.68 Å². The lowest BCUT2D eigenvalue weighted by Gasteiger charge is -2.19. The van der Waals surface area contributed by atoms with E-state index in [0.717, 1.165) is 22.7 Å². The number of ether oxygens (including phenoxy) is 2. The van der Waals surface area contributed by atoms with Crippen molar-refractivity contribution < 1.29 is 9.47 Å². The maximum Gasteiger partial charge on any atom is 0.157 e. The third kappa shape index (κ3) is 3.61.